The molecule has 0 heterocycles. The first-order valence-electron chi connectivity index (χ1n) is 6.57. The van der Waals surface area contributed by atoms with Crippen molar-refractivity contribution in [3.8, 4) is 0 Å². The van der Waals surface area contributed by atoms with Crippen molar-refractivity contribution in [2.24, 2.45) is 5.73 Å². The van der Waals surface area contributed by atoms with Crippen molar-refractivity contribution in [3.05, 3.63) is 0 Å². The number of likely N-dealkylation sites (N-methyl/N-ethyl adjacent to an activating group) is 1. The fraction of sp³-hybridized carbons (Fsp3) is 0.923. The van der Waals surface area contributed by atoms with Crippen LogP contribution in [-0.2, 0) is 9.53 Å². The average molecular weight is 242 g/mol. The average Bonchev–Trinajstić information content (AvgIpc) is 2.28. The minimum absolute atomic E-state index is 0.0272. The zero-order chi connectivity index (χ0) is 12.9. The second-order valence-electron chi connectivity index (χ2n) is 5.51. The first-order chi connectivity index (χ1) is 7.94. The minimum atomic E-state index is -0.199. The first kappa shape index (κ1) is 14.5. The van der Waals surface area contributed by atoms with E-state index in [1.54, 1.807) is 11.9 Å². The summed E-state index contributed by atoms with van der Waals surface area (Å²) in [5.74, 6) is 0.0272. The summed E-state index contributed by atoms with van der Waals surface area (Å²) >= 11 is 0. The van der Waals surface area contributed by atoms with Gasteiger partial charge in [0.05, 0.1) is 6.61 Å². The maximum Gasteiger partial charge on any atom is 0.248 e. The summed E-state index contributed by atoms with van der Waals surface area (Å²) in [7, 11) is 1.80. The molecule has 17 heavy (non-hydrogen) atoms. The van der Waals surface area contributed by atoms with Crippen LogP contribution in [0.1, 0.15) is 46.0 Å². The van der Waals surface area contributed by atoms with Gasteiger partial charge in [-0.15, -0.1) is 0 Å². The van der Waals surface area contributed by atoms with Gasteiger partial charge >= 0.3 is 0 Å². The molecule has 1 aliphatic rings. The second kappa shape index (κ2) is 6.36. The third kappa shape index (κ3) is 4.64. The Morgan fingerprint density at radius 1 is 1.35 bits per heavy atom. The molecular formula is C13H26N2O2. The lowest BCUT2D eigenvalue weighted by atomic mass is 9.83. The molecule has 1 fully saturated rings. The summed E-state index contributed by atoms with van der Waals surface area (Å²) in [6.07, 6.45) is 5.66. The van der Waals surface area contributed by atoms with Crippen molar-refractivity contribution in [2.75, 3.05) is 20.3 Å². The van der Waals surface area contributed by atoms with Crippen molar-refractivity contribution >= 4 is 5.91 Å². The molecule has 100 valence electrons. The highest BCUT2D eigenvalue weighted by Crippen LogP contribution is 2.25. The molecule has 0 saturated heterocycles. The Morgan fingerprint density at radius 3 is 2.47 bits per heavy atom. The van der Waals surface area contributed by atoms with Crippen LogP contribution in [0.5, 0.6) is 0 Å². The molecule has 1 rings (SSSR count). The number of hydrogen-bond donors (Lipinski definition) is 1. The van der Waals surface area contributed by atoms with Crippen molar-refractivity contribution in [2.45, 2.75) is 57.5 Å². The molecule has 4 heteroatoms. The minimum Gasteiger partial charge on any atom is -0.370 e. The van der Waals surface area contributed by atoms with Crippen LogP contribution in [0.3, 0.4) is 0 Å². The van der Waals surface area contributed by atoms with Gasteiger partial charge in [-0.3, -0.25) is 4.79 Å². The number of nitrogens with two attached hydrogens (primary N) is 1. The van der Waals surface area contributed by atoms with Crippen LogP contribution >= 0.6 is 0 Å². The summed E-state index contributed by atoms with van der Waals surface area (Å²) in [5.41, 5.74) is 6.03. The molecule has 1 aliphatic carbocycles. The van der Waals surface area contributed by atoms with Gasteiger partial charge in [-0.2, -0.15) is 0 Å². The number of rotatable bonds is 5. The molecule has 2 N–H and O–H groups in total. The van der Waals surface area contributed by atoms with Gasteiger partial charge < -0.3 is 15.4 Å². The van der Waals surface area contributed by atoms with Gasteiger partial charge in [-0.1, -0.05) is 19.3 Å². The third-order valence-electron chi connectivity index (χ3n) is 3.63. The van der Waals surface area contributed by atoms with E-state index < -0.39 is 0 Å². The predicted molar refractivity (Wildman–Crippen MR) is 68.7 cm³/mol. The fourth-order valence-corrected chi connectivity index (χ4v) is 2.13. The van der Waals surface area contributed by atoms with Crippen LogP contribution in [0.15, 0.2) is 0 Å². The van der Waals surface area contributed by atoms with E-state index in [1.807, 2.05) is 13.8 Å². The predicted octanol–water partition coefficient (Wildman–Crippen LogP) is 1.53. The highest BCUT2D eigenvalue weighted by molar-refractivity contribution is 5.77. The highest BCUT2D eigenvalue weighted by atomic mass is 16.5. The van der Waals surface area contributed by atoms with E-state index in [0.717, 1.165) is 12.8 Å². The van der Waals surface area contributed by atoms with Crippen LogP contribution in [0.25, 0.3) is 0 Å². The Hall–Kier alpha value is -0.610. The van der Waals surface area contributed by atoms with Crippen LogP contribution in [0, 0.1) is 0 Å². The smallest absolute Gasteiger partial charge is 0.248 e. The standard InChI is InChI=1S/C13H26N2O2/c1-11(2)15(3)12(16)9-17-10-13(14)7-5-4-6-8-13/h11H,4-10,14H2,1-3H3. The van der Waals surface area contributed by atoms with E-state index in [2.05, 4.69) is 0 Å². The Labute approximate surface area is 104 Å². The molecular weight excluding hydrogens is 216 g/mol. The molecule has 1 amide bonds. The third-order valence-corrected chi connectivity index (χ3v) is 3.63. The SMILES string of the molecule is CC(C)N(C)C(=O)COCC1(N)CCCCC1. The number of hydrogen-bond acceptors (Lipinski definition) is 3. The number of carbonyl (C=O) groups excluding carboxylic acids is 1. The number of ether oxygens (including phenoxy) is 1. The second-order valence-corrected chi connectivity index (χ2v) is 5.51. The van der Waals surface area contributed by atoms with E-state index in [9.17, 15) is 4.79 Å². The Morgan fingerprint density at radius 2 is 1.94 bits per heavy atom. The molecule has 1 saturated carbocycles. The molecule has 4 nitrogen and oxygen atoms in total. The monoisotopic (exact) mass is 242 g/mol. The molecule has 0 aromatic rings. The van der Waals surface area contributed by atoms with Crippen molar-refractivity contribution in [3.63, 3.8) is 0 Å². The van der Waals surface area contributed by atoms with Crippen LogP contribution < -0.4 is 5.73 Å². The molecule has 0 aromatic heterocycles. The van der Waals surface area contributed by atoms with Crippen molar-refractivity contribution < 1.29 is 9.53 Å². The van der Waals surface area contributed by atoms with Gasteiger partial charge in [0, 0.05) is 18.6 Å². The number of amides is 1. The molecule has 0 bridgehead atoms. The van der Waals surface area contributed by atoms with E-state index in [4.69, 9.17) is 10.5 Å². The first-order valence-corrected chi connectivity index (χ1v) is 6.57. The lowest BCUT2D eigenvalue weighted by molar-refractivity contribution is -0.137. The summed E-state index contributed by atoms with van der Waals surface area (Å²) in [6.45, 7) is 4.63. The summed E-state index contributed by atoms with van der Waals surface area (Å²) < 4.78 is 5.49. The van der Waals surface area contributed by atoms with E-state index in [-0.39, 0.29) is 24.1 Å². The normalized spacial score (nSPS) is 19.4. The lowest BCUT2D eigenvalue weighted by Gasteiger charge is -2.33. The van der Waals surface area contributed by atoms with Crippen LogP contribution in [0.2, 0.25) is 0 Å². The van der Waals surface area contributed by atoms with Gasteiger partial charge in [0.2, 0.25) is 5.91 Å². The summed E-state index contributed by atoms with van der Waals surface area (Å²) in [4.78, 5) is 13.4. The zero-order valence-corrected chi connectivity index (χ0v) is 11.4. The Kier molecular flexibility index (Phi) is 5.40. The van der Waals surface area contributed by atoms with Crippen molar-refractivity contribution in [1.29, 1.82) is 0 Å². The zero-order valence-electron chi connectivity index (χ0n) is 11.4. The van der Waals surface area contributed by atoms with Crippen molar-refractivity contribution in [1.82, 2.24) is 4.90 Å². The molecule has 0 atom stereocenters. The molecule has 0 spiro atoms. The van der Waals surface area contributed by atoms with Crippen LogP contribution in [-0.4, -0.2) is 42.6 Å². The summed E-state index contributed by atoms with van der Waals surface area (Å²) in [6, 6.07) is 0.215. The summed E-state index contributed by atoms with van der Waals surface area (Å²) in [5, 5.41) is 0. The molecule has 0 aromatic carbocycles. The maximum atomic E-state index is 11.7. The Bertz CT molecular complexity index is 248. The van der Waals surface area contributed by atoms with Gasteiger partial charge in [-0.05, 0) is 26.7 Å². The molecule has 0 unspecified atom stereocenters. The topological polar surface area (TPSA) is 55.6 Å². The number of nitrogens with zero attached hydrogens (tertiary/aromatic N) is 1. The van der Waals surface area contributed by atoms with Gasteiger partial charge in [0.15, 0.2) is 0 Å². The quantitative estimate of drug-likeness (QED) is 0.795. The number of carbonyl (C=O) groups is 1. The van der Waals surface area contributed by atoms with E-state index in [0.29, 0.717) is 6.61 Å². The van der Waals surface area contributed by atoms with E-state index in [1.165, 1.54) is 19.3 Å². The molecule has 0 radical (unpaired) electrons. The Balaban J connectivity index is 2.25. The fourth-order valence-electron chi connectivity index (χ4n) is 2.13. The lowest BCUT2D eigenvalue weighted by Crippen LogP contribution is -2.47. The maximum absolute atomic E-state index is 11.7. The van der Waals surface area contributed by atoms with Gasteiger partial charge in [0.25, 0.3) is 0 Å². The van der Waals surface area contributed by atoms with Gasteiger partial charge in [0.1, 0.15) is 6.61 Å². The molecule has 0 aliphatic heterocycles. The van der Waals surface area contributed by atoms with E-state index >= 15 is 0 Å². The largest absolute Gasteiger partial charge is 0.370 e. The van der Waals surface area contributed by atoms with Crippen LogP contribution in [0.4, 0.5) is 0 Å². The van der Waals surface area contributed by atoms with Gasteiger partial charge in [-0.25, -0.2) is 0 Å². The highest BCUT2D eigenvalue weighted by Gasteiger charge is 2.28.